The Morgan fingerprint density at radius 1 is 1.31 bits per heavy atom. The van der Waals surface area contributed by atoms with Crippen LogP contribution >= 0.6 is 0 Å². The largest absolute Gasteiger partial charge is 0.323 e. The zero-order chi connectivity index (χ0) is 11.2. The molecule has 1 aliphatic carbocycles. The number of rotatable bonds is 0. The number of nitrogens with one attached hydrogen (secondary N) is 1. The van der Waals surface area contributed by atoms with Crippen LogP contribution < -0.4 is 11.1 Å². The molecule has 0 bridgehead atoms. The number of nitrogens with two attached hydrogens (primary N) is 1. The van der Waals surface area contributed by atoms with E-state index >= 15 is 0 Å². The Hall–Kier alpha value is -0.860. The van der Waals surface area contributed by atoms with Crippen molar-refractivity contribution in [3.8, 4) is 0 Å². The number of fused-ring (bicyclic) bond motifs is 1. The quantitative estimate of drug-likeness (QED) is 0.695. The van der Waals surface area contributed by atoms with E-state index in [4.69, 9.17) is 5.73 Å². The Morgan fingerprint density at radius 3 is 2.75 bits per heavy atom. The standard InChI is InChI=1S/C14H20N2/c1-10-3-2-4-11-12(10)9-14(13(11)15)5-7-16-8-6-14/h2-4,13,16H,5-9,15H2,1H3/t13-/m1/s1. The molecular weight excluding hydrogens is 196 g/mol. The van der Waals surface area contributed by atoms with Gasteiger partial charge < -0.3 is 11.1 Å². The molecule has 2 heteroatoms. The summed E-state index contributed by atoms with van der Waals surface area (Å²) in [7, 11) is 0. The van der Waals surface area contributed by atoms with E-state index in [2.05, 4.69) is 30.4 Å². The lowest BCUT2D eigenvalue weighted by Crippen LogP contribution is -2.42. The molecule has 0 unspecified atom stereocenters. The van der Waals surface area contributed by atoms with E-state index < -0.39 is 0 Å². The summed E-state index contributed by atoms with van der Waals surface area (Å²) in [6.07, 6.45) is 3.64. The van der Waals surface area contributed by atoms with Gasteiger partial charge in [0.1, 0.15) is 0 Å². The molecule has 1 atom stereocenters. The number of benzene rings is 1. The first-order valence-electron chi connectivity index (χ1n) is 6.28. The minimum absolute atomic E-state index is 0.254. The molecular formula is C14H20N2. The second kappa shape index (κ2) is 3.57. The highest BCUT2D eigenvalue weighted by molar-refractivity contribution is 5.43. The van der Waals surface area contributed by atoms with Crippen molar-refractivity contribution in [2.24, 2.45) is 11.1 Å². The lowest BCUT2D eigenvalue weighted by Gasteiger charge is -2.37. The summed E-state index contributed by atoms with van der Waals surface area (Å²) in [6, 6.07) is 6.84. The summed E-state index contributed by atoms with van der Waals surface area (Å²) in [6.45, 7) is 4.47. The van der Waals surface area contributed by atoms with E-state index in [-0.39, 0.29) is 6.04 Å². The fourth-order valence-electron chi connectivity index (χ4n) is 3.46. The second-order valence-electron chi connectivity index (χ2n) is 5.41. The van der Waals surface area contributed by atoms with Crippen LogP contribution in [-0.4, -0.2) is 13.1 Å². The first kappa shape index (κ1) is 10.3. The van der Waals surface area contributed by atoms with E-state index in [1.807, 2.05) is 0 Å². The Morgan fingerprint density at radius 2 is 2.06 bits per heavy atom. The fourth-order valence-corrected chi connectivity index (χ4v) is 3.46. The number of hydrogen-bond acceptors (Lipinski definition) is 2. The predicted octanol–water partition coefficient (Wildman–Crippen LogP) is 1.92. The molecule has 1 spiro atoms. The molecule has 1 aromatic carbocycles. The maximum absolute atomic E-state index is 6.50. The Bertz CT molecular complexity index is 405. The highest BCUT2D eigenvalue weighted by Gasteiger charge is 2.44. The van der Waals surface area contributed by atoms with Gasteiger partial charge in [0, 0.05) is 6.04 Å². The van der Waals surface area contributed by atoms with Gasteiger partial charge in [-0.2, -0.15) is 0 Å². The molecule has 1 fully saturated rings. The van der Waals surface area contributed by atoms with Crippen LogP contribution in [0, 0.1) is 12.3 Å². The zero-order valence-corrected chi connectivity index (χ0v) is 9.92. The maximum Gasteiger partial charge on any atom is 0.0359 e. The van der Waals surface area contributed by atoms with E-state index in [9.17, 15) is 0 Å². The van der Waals surface area contributed by atoms with Crippen LogP contribution in [0.15, 0.2) is 18.2 Å². The molecule has 0 amide bonds. The number of aryl methyl sites for hydroxylation is 1. The van der Waals surface area contributed by atoms with Crippen molar-refractivity contribution in [1.29, 1.82) is 0 Å². The summed E-state index contributed by atoms with van der Waals surface area (Å²) in [5, 5.41) is 3.44. The third-order valence-electron chi connectivity index (χ3n) is 4.57. The van der Waals surface area contributed by atoms with Crippen molar-refractivity contribution in [3.05, 3.63) is 34.9 Å². The maximum atomic E-state index is 6.50. The third-order valence-corrected chi connectivity index (χ3v) is 4.57. The van der Waals surface area contributed by atoms with E-state index in [0.717, 1.165) is 13.1 Å². The van der Waals surface area contributed by atoms with Crippen molar-refractivity contribution in [2.75, 3.05) is 13.1 Å². The van der Waals surface area contributed by atoms with Crippen LogP contribution in [0.2, 0.25) is 0 Å². The first-order valence-corrected chi connectivity index (χ1v) is 6.28. The normalized spacial score (nSPS) is 27.0. The molecule has 0 aromatic heterocycles. The van der Waals surface area contributed by atoms with Crippen molar-refractivity contribution in [1.82, 2.24) is 5.32 Å². The first-order chi connectivity index (χ1) is 7.73. The minimum Gasteiger partial charge on any atom is -0.323 e. The number of hydrogen-bond donors (Lipinski definition) is 2. The average Bonchev–Trinajstić information content (AvgIpc) is 2.57. The molecule has 16 heavy (non-hydrogen) atoms. The van der Waals surface area contributed by atoms with Crippen LogP contribution in [0.5, 0.6) is 0 Å². The molecule has 1 aromatic rings. The van der Waals surface area contributed by atoms with Gasteiger partial charge in [0.05, 0.1) is 0 Å². The van der Waals surface area contributed by atoms with Gasteiger partial charge >= 0.3 is 0 Å². The summed E-state index contributed by atoms with van der Waals surface area (Å²) >= 11 is 0. The molecule has 1 aliphatic heterocycles. The van der Waals surface area contributed by atoms with Gasteiger partial charge in [0.25, 0.3) is 0 Å². The summed E-state index contributed by atoms with van der Waals surface area (Å²) < 4.78 is 0. The third kappa shape index (κ3) is 1.33. The summed E-state index contributed by atoms with van der Waals surface area (Å²) in [5.74, 6) is 0. The van der Waals surface area contributed by atoms with E-state index in [1.54, 1.807) is 0 Å². The predicted molar refractivity (Wildman–Crippen MR) is 66.3 cm³/mol. The Kier molecular flexibility index (Phi) is 2.30. The van der Waals surface area contributed by atoms with Crippen LogP contribution in [0.25, 0.3) is 0 Å². The summed E-state index contributed by atoms with van der Waals surface area (Å²) in [5.41, 5.74) is 11.2. The molecule has 1 heterocycles. The van der Waals surface area contributed by atoms with Crippen LogP contribution in [-0.2, 0) is 6.42 Å². The molecule has 2 aliphatic rings. The number of piperidine rings is 1. The van der Waals surface area contributed by atoms with Gasteiger partial charge in [-0.25, -0.2) is 0 Å². The van der Waals surface area contributed by atoms with Crippen molar-refractivity contribution >= 4 is 0 Å². The molecule has 2 nitrogen and oxygen atoms in total. The van der Waals surface area contributed by atoms with Gasteiger partial charge in [0.2, 0.25) is 0 Å². The molecule has 3 N–H and O–H groups in total. The van der Waals surface area contributed by atoms with Gasteiger partial charge in [-0.3, -0.25) is 0 Å². The van der Waals surface area contributed by atoms with Crippen molar-refractivity contribution < 1.29 is 0 Å². The van der Waals surface area contributed by atoms with Crippen molar-refractivity contribution in [3.63, 3.8) is 0 Å². The highest BCUT2D eigenvalue weighted by Crippen LogP contribution is 2.50. The Balaban J connectivity index is 2.02. The highest BCUT2D eigenvalue weighted by atomic mass is 14.9. The topological polar surface area (TPSA) is 38.0 Å². The SMILES string of the molecule is Cc1cccc2c1CC1(CCNCC1)[C@@H]2N. The lowest BCUT2D eigenvalue weighted by atomic mass is 9.73. The van der Waals surface area contributed by atoms with Gasteiger partial charge in [0.15, 0.2) is 0 Å². The zero-order valence-electron chi connectivity index (χ0n) is 9.92. The van der Waals surface area contributed by atoms with Gasteiger partial charge in [-0.05, 0) is 61.4 Å². The average molecular weight is 216 g/mol. The minimum atomic E-state index is 0.254. The van der Waals surface area contributed by atoms with E-state index in [1.165, 1.54) is 36.0 Å². The van der Waals surface area contributed by atoms with Gasteiger partial charge in [-0.15, -0.1) is 0 Å². The molecule has 3 rings (SSSR count). The molecule has 0 saturated carbocycles. The smallest absolute Gasteiger partial charge is 0.0359 e. The van der Waals surface area contributed by atoms with Gasteiger partial charge in [-0.1, -0.05) is 18.2 Å². The van der Waals surface area contributed by atoms with Crippen LogP contribution in [0.1, 0.15) is 35.6 Å². The summed E-state index contributed by atoms with van der Waals surface area (Å²) in [4.78, 5) is 0. The van der Waals surface area contributed by atoms with Crippen LogP contribution in [0.3, 0.4) is 0 Å². The lowest BCUT2D eigenvalue weighted by molar-refractivity contribution is 0.174. The molecule has 1 saturated heterocycles. The molecule has 0 radical (unpaired) electrons. The van der Waals surface area contributed by atoms with E-state index in [0.29, 0.717) is 5.41 Å². The second-order valence-corrected chi connectivity index (χ2v) is 5.41. The Labute approximate surface area is 97.2 Å². The van der Waals surface area contributed by atoms with Crippen molar-refractivity contribution in [2.45, 2.75) is 32.2 Å². The van der Waals surface area contributed by atoms with Crippen LogP contribution in [0.4, 0.5) is 0 Å². The molecule has 86 valence electrons. The fraction of sp³-hybridized carbons (Fsp3) is 0.571. The monoisotopic (exact) mass is 216 g/mol.